The molecule has 0 saturated carbocycles. The Hall–Kier alpha value is -1.39. The van der Waals surface area contributed by atoms with Crippen molar-refractivity contribution < 1.29 is 23.9 Å². The third-order valence-corrected chi connectivity index (χ3v) is 2.40. The topological polar surface area (TPSA) is 69.7 Å². The van der Waals surface area contributed by atoms with Gasteiger partial charge in [-0.25, -0.2) is 0 Å². The fraction of sp³-hybridized carbons (Fsp3) is 0.750. The fourth-order valence-corrected chi connectivity index (χ4v) is 1.40. The zero-order valence-corrected chi connectivity index (χ0v) is 10.6. The Bertz CT molecular complexity index is 244. The third kappa shape index (κ3) is 5.47. The number of ether oxygens (including phenoxy) is 2. The number of aldehydes is 1. The summed E-state index contributed by atoms with van der Waals surface area (Å²) in [5, 5.41) is 0. The Labute approximate surface area is 101 Å². The van der Waals surface area contributed by atoms with Gasteiger partial charge in [-0.15, -0.1) is 0 Å². The summed E-state index contributed by atoms with van der Waals surface area (Å²) in [7, 11) is 0. The van der Waals surface area contributed by atoms with Crippen LogP contribution in [0, 0.1) is 11.8 Å². The number of rotatable bonds is 8. The predicted octanol–water partition coefficient (Wildman–Crippen LogP) is 1.34. The molecule has 0 aromatic rings. The molecule has 0 bridgehead atoms. The van der Waals surface area contributed by atoms with Gasteiger partial charge in [0.05, 0.1) is 13.2 Å². The Balaban J connectivity index is 4.65. The van der Waals surface area contributed by atoms with E-state index < -0.39 is 17.9 Å². The lowest BCUT2D eigenvalue weighted by Crippen LogP contribution is -2.30. The molecule has 0 aliphatic heterocycles. The minimum Gasteiger partial charge on any atom is -0.465 e. The molecule has 1 atom stereocenters. The molecule has 5 heteroatoms. The highest BCUT2D eigenvalue weighted by molar-refractivity contribution is 5.95. The van der Waals surface area contributed by atoms with Crippen LogP contribution in [0.5, 0.6) is 0 Å². The van der Waals surface area contributed by atoms with Gasteiger partial charge in [-0.3, -0.25) is 9.59 Å². The molecule has 0 fully saturated rings. The molecule has 0 heterocycles. The van der Waals surface area contributed by atoms with E-state index in [0.29, 0.717) is 6.42 Å². The Morgan fingerprint density at radius 3 is 1.82 bits per heavy atom. The van der Waals surface area contributed by atoms with E-state index in [9.17, 15) is 14.4 Å². The molecule has 0 amide bonds. The summed E-state index contributed by atoms with van der Waals surface area (Å²) in [6.45, 7) is 5.56. The average molecular weight is 244 g/mol. The van der Waals surface area contributed by atoms with Gasteiger partial charge in [0.1, 0.15) is 6.29 Å². The van der Waals surface area contributed by atoms with Crippen molar-refractivity contribution in [1.82, 2.24) is 0 Å². The van der Waals surface area contributed by atoms with E-state index in [4.69, 9.17) is 9.47 Å². The van der Waals surface area contributed by atoms with Crippen LogP contribution in [0.3, 0.4) is 0 Å². The number of hydrogen-bond acceptors (Lipinski definition) is 5. The van der Waals surface area contributed by atoms with Crippen LogP contribution in [0.25, 0.3) is 0 Å². The second-order valence-corrected chi connectivity index (χ2v) is 3.60. The van der Waals surface area contributed by atoms with Gasteiger partial charge in [0, 0.05) is 5.92 Å². The molecule has 0 N–H and O–H groups in total. The summed E-state index contributed by atoms with van der Waals surface area (Å²) in [4.78, 5) is 33.9. The summed E-state index contributed by atoms with van der Waals surface area (Å²) in [6, 6.07) is 0. The quantitative estimate of drug-likeness (QED) is 0.366. The Morgan fingerprint density at radius 2 is 1.53 bits per heavy atom. The van der Waals surface area contributed by atoms with Crippen molar-refractivity contribution in [3.63, 3.8) is 0 Å². The smallest absolute Gasteiger partial charge is 0.320 e. The first-order valence-corrected chi connectivity index (χ1v) is 5.89. The molecule has 0 spiro atoms. The second kappa shape index (κ2) is 8.73. The second-order valence-electron chi connectivity index (χ2n) is 3.60. The highest BCUT2D eigenvalue weighted by Gasteiger charge is 2.31. The minimum absolute atomic E-state index is 0.150. The summed E-state index contributed by atoms with van der Waals surface area (Å²) in [5.41, 5.74) is 0. The number of carbonyl (C=O) groups excluding carboxylic acids is 3. The first kappa shape index (κ1) is 15.6. The van der Waals surface area contributed by atoms with E-state index in [0.717, 1.165) is 6.29 Å². The van der Waals surface area contributed by atoms with Crippen molar-refractivity contribution in [3.8, 4) is 0 Å². The van der Waals surface area contributed by atoms with Crippen LogP contribution < -0.4 is 0 Å². The molecular formula is C12H20O5. The predicted molar refractivity (Wildman–Crippen MR) is 61.2 cm³/mol. The van der Waals surface area contributed by atoms with E-state index in [1.807, 2.05) is 6.92 Å². The zero-order valence-electron chi connectivity index (χ0n) is 10.6. The van der Waals surface area contributed by atoms with Gasteiger partial charge in [-0.2, -0.15) is 0 Å². The monoisotopic (exact) mass is 244 g/mol. The van der Waals surface area contributed by atoms with E-state index in [2.05, 4.69) is 0 Å². The van der Waals surface area contributed by atoms with Gasteiger partial charge in [0.15, 0.2) is 5.92 Å². The molecule has 1 unspecified atom stereocenters. The lowest BCUT2D eigenvalue weighted by molar-refractivity contribution is -0.162. The number of esters is 2. The van der Waals surface area contributed by atoms with Crippen LogP contribution in [0.4, 0.5) is 0 Å². The average Bonchev–Trinajstić information content (AvgIpc) is 2.31. The maximum atomic E-state index is 11.6. The van der Waals surface area contributed by atoms with E-state index >= 15 is 0 Å². The van der Waals surface area contributed by atoms with Crippen LogP contribution >= 0.6 is 0 Å². The van der Waals surface area contributed by atoms with Crippen molar-refractivity contribution in [2.75, 3.05) is 13.2 Å². The van der Waals surface area contributed by atoms with E-state index in [-0.39, 0.29) is 25.6 Å². The van der Waals surface area contributed by atoms with Gasteiger partial charge in [-0.1, -0.05) is 6.92 Å². The fourth-order valence-electron chi connectivity index (χ4n) is 1.40. The molecule has 0 aromatic carbocycles. The Kier molecular flexibility index (Phi) is 8.01. The maximum Gasteiger partial charge on any atom is 0.320 e. The normalized spacial score (nSPS) is 12.0. The Morgan fingerprint density at radius 1 is 1.06 bits per heavy atom. The highest BCUT2D eigenvalue weighted by Crippen LogP contribution is 2.17. The van der Waals surface area contributed by atoms with Crippen molar-refractivity contribution in [2.45, 2.75) is 33.6 Å². The molecule has 0 radical (unpaired) electrons. The van der Waals surface area contributed by atoms with E-state index in [1.165, 1.54) is 0 Å². The maximum absolute atomic E-state index is 11.6. The minimum atomic E-state index is -0.995. The van der Waals surface area contributed by atoms with Gasteiger partial charge in [-0.05, 0) is 26.7 Å². The van der Waals surface area contributed by atoms with Crippen LogP contribution in [0.2, 0.25) is 0 Å². The first-order chi connectivity index (χ1) is 8.10. The van der Waals surface area contributed by atoms with Gasteiger partial charge in [0.25, 0.3) is 0 Å². The summed E-state index contributed by atoms with van der Waals surface area (Å²) >= 11 is 0. The SMILES string of the molecule is CCOC(=O)C(CC(C=O)CC)C(=O)OCC. The van der Waals surface area contributed by atoms with Crippen molar-refractivity contribution in [3.05, 3.63) is 0 Å². The highest BCUT2D eigenvalue weighted by atomic mass is 16.6. The molecule has 98 valence electrons. The largest absolute Gasteiger partial charge is 0.465 e. The zero-order chi connectivity index (χ0) is 13.3. The molecule has 0 aromatic heterocycles. The van der Waals surface area contributed by atoms with E-state index in [1.54, 1.807) is 13.8 Å². The lowest BCUT2D eigenvalue weighted by atomic mass is 9.93. The van der Waals surface area contributed by atoms with Gasteiger partial charge >= 0.3 is 11.9 Å². The summed E-state index contributed by atoms with van der Waals surface area (Å²) < 4.78 is 9.61. The van der Waals surface area contributed by atoms with Crippen LogP contribution in [-0.2, 0) is 23.9 Å². The van der Waals surface area contributed by atoms with Gasteiger partial charge < -0.3 is 14.3 Å². The summed E-state index contributed by atoms with van der Waals surface area (Å²) in [6.07, 6.45) is 1.49. The van der Waals surface area contributed by atoms with Crippen molar-refractivity contribution in [2.24, 2.45) is 11.8 Å². The molecule has 0 saturated heterocycles. The van der Waals surface area contributed by atoms with Gasteiger partial charge in [0.2, 0.25) is 0 Å². The number of carbonyl (C=O) groups is 3. The summed E-state index contributed by atoms with van der Waals surface area (Å²) in [5.74, 6) is -2.56. The van der Waals surface area contributed by atoms with Crippen molar-refractivity contribution >= 4 is 18.2 Å². The third-order valence-electron chi connectivity index (χ3n) is 2.40. The molecule has 17 heavy (non-hydrogen) atoms. The molecule has 5 nitrogen and oxygen atoms in total. The molecule has 0 aliphatic carbocycles. The molecule has 0 aliphatic rings. The first-order valence-electron chi connectivity index (χ1n) is 5.89. The lowest BCUT2D eigenvalue weighted by Gasteiger charge is -2.16. The van der Waals surface area contributed by atoms with Crippen molar-refractivity contribution in [1.29, 1.82) is 0 Å². The number of hydrogen-bond donors (Lipinski definition) is 0. The molecule has 0 rings (SSSR count). The van der Waals surface area contributed by atoms with Crippen LogP contribution in [0.15, 0.2) is 0 Å². The standard InChI is InChI=1S/C12H20O5/c1-4-9(8-13)7-10(11(14)16-5-2)12(15)17-6-3/h8-10H,4-7H2,1-3H3. The van der Waals surface area contributed by atoms with Crippen LogP contribution in [-0.4, -0.2) is 31.4 Å². The molecular weight excluding hydrogens is 224 g/mol. The van der Waals surface area contributed by atoms with Crippen LogP contribution in [0.1, 0.15) is 33.6 Å².